The van der Waals surface area contributed by atoms with Gasteiger partial charge < -0.3 is 10.6 Å². The van der Waals surface area contributed by atoms with Crippen molar-refractivity contribution in [2.75, 3.05) is 10.6 Å². The molecule has 0 fully saturated rings. The van der Waals surface area contributed by atoms with Crippen molar-refractivity contribution in [1.29, 1.82) is 0 Å². The molecular formula is C16H18N4O2. The van der Waals surface area contributed by atoms with E-state index in [0.29, 0.717) is 17.1 Å². The third kappa shape index (κ3) is 4.12. The van der Waals surface area contributed by atoms with Crippen molar-refractivity contribution in [3.05, 3.63) is 47.7 Å². The van der Waals surface area contributed by atoms with Gasteiger partial charge in [0.25, 0.3) is 5.91 Å². The molecule has 0 bridgehead atoms. The van der Waals surface area contributed by atoms with Crippen LogP contribution in [-0.4, -0.2) is 27.9 Å². The Kier molecular flexibility index (Phi) is 4.83. The summed E-state index contributed by atoms with van der Waals surface area (Å²) in [5, 5.41) is 13.6. The summed E-state index contributed by atoms with van der Waals surface area (Å²) in [6, 6.07) is 10.3. The van der Waals surface area contributed by atoms with Crippen molar-refractivity contribution in [1.82, 2.24) is 10.2 Å². The summed E-state index contributed by atoms with van der Waals surface area (Å²) in [7, 11) is 0. The maximum atomic E-state index is 12.1. The lowest BCUT2D eigenvalue weighted by molar-refractivity contribution is 0.100. The van der Waals surface area contributed by atoms with Gasteiger partial charge in [0.1, 0.15) is 5.82 Å². The van der Waals surface area contributed by atoms with Gasteiger partial charge in [0, 0.05) is 17.3 Å². The zero-order valence-corrected chi connectivity index (χ0v) is 12.8. The molecule has 1 aromatic heterocycles. The van der Waals surface area contributed by atoms with Gasteiger partial charge in [-0.3, -0.25) is 9.59 Å². The highest BCUT2D eigenvalue weighted by Gasteiger charge is 2.10. The van der Waals surface area contributed by atoms with Crippen molar-refractivity contribution in [2.45, 2.75) is 26.8 Å². The molecule has 0 radical (unpaired) electrons. The fourth-order valence-electron chi connectivity index (χ4n) is 1.84. The second-order valence-electron chi connectivity index (χ2n) is 5.19. The minimum Gasteiger partial charge on any atom is -0.366 e. The molecular weight excluding hydrogens is 280 g/mol. The molecule has 1 amide bonds. The van der Waals surface area contributed by atoms with E-state index < -0.39 is 0 Å². The zero-order valence-electron chi connectivity index (χ0n) is 12.8. The Hall–Kier alpha value is -2.76. The monoisotopic (exact) mass is 298 g/mol. The van der Waals surface area contributed by atoms with Crippen LogP contribution in [0, 0.1) is 0 Å². The van der Waals surface area contributed by atoms with E-state index in [2.05, 4.69) is 20.8 Å². The highest BCUT2D eigenvalue weighted by molar-refractivity contribution is 6.03. The Morgan fingerprint density at radius 1 is 1.09 bits per heavy atom. The van der Waals surface area contributed by atoms with E-state index in [1.54, 1.807) is 36.4 Å². The number of carbonyl (C=O) groups is 2. The Labute approximate surface area is 129 Å². The molecule has 2 rings (SSSR count). The minimum atomic E-state index is -0.371. The van der Waals surface area contributed by atoms with E-state index in [9.17, 15) is 9.59 Å². The zero-order chi connectivity index (χ0) is 16.1. The number of nitrogens with zero attached hydrogens (tertiary/aromatic N) is 2. The van der Waals surface area contributed by atoms with Crippen LogP contribution in [0.15, 0.2) is 36.4 Å². The molecule has 1 aromatic carbocycles. The average Bonchev–Trinajstić information content (AvgIpc) is 2.47. The molecule has 1 heterocycles. The number of Topliss-reactive ketones (excluding diaryl/α,β-unsaturated/α-hetero) is 1. The Bertz CT molecular complexity index is 681. The van der Waals surface area contributed by atoms with E-state index >= 15 is 0 Å². The minimum absolute atomic E-state index is 0.0556. The third-order valence-electron chi connectivity index (χ3n) is 2.86. The van der Waals surface area contributed by atoms with Crippen molar-refractivity contribution in [2.24, 2.45) is 0 Å². The number of aromatic nitrogens is 2. The smallest absolute Gasteiger partial charge is 0.276 e. The van der Waals surface area contributed by atoms with Crippen LogP contribution in [0.2, 0.25) is 0 Å². The molecule has 0 spiro atoms. The lowest BCUT2D eigenvalue weighted by Crippen LogP contribution is -2.16. The van der Waals surface area contributed by atoms with Crippen LogP contribution in [0.4, 0.5) is 11.5 Å². The summed E-state index contributed by atoms with van der Waals surface area (Å²) in [5.41, 5.74) is 1.30. The number of ketones is 1. The lowest BCUT2D eigenvalue weighted by atomic mass is 10.1. The summed E-state index contributed by atoms with van der Waals surface area (Å²) >= 11 is 0. The van der Waals surface area contributed by atoms with Gasteiger partial charge in [-0.05, 0) is 45.0 Å². The molecule has 0 saturated carbocycles. The first-order valence-corrected chi connectivity index (χ1v) is 6.98. The first kappa shape index (κ1) is 15.6. The fourth-order valence-corrected chi connectivity index (χ4v) is 1.84. The molecule has 114 valence electrons. The SMILES string of the molecule is CC(=O)c1cccc(NC(=O)c2ccc(NC(C)C)nn2)c1. The summed E-state index contributed by atoms with van der Waals surface area (Å²) in [4.78, 5) is 23.4. The summed E-state index contributed by atoms with van der Waals surface area (Å²) in [5.74, 6) is 0.189. The lowest BCUT2D eigenvalue weighted by Gasteiger charge is -2.09. The fraction of sp³-hybridized carbons (Fsp3) is 0.250. The van der Waals surface area contributed by atoms with Gasteiger partial charge in [-0.2, -0.15) is 0 Å². The van der Waals surface area contributed by atoms with Crippen LogP contribution in [0.3, 0.4) is 0 Å². The van der Waals surface area contributed by atoms with Gasteiger partial charge in [0.15, 0.2) is 11.5 Å². The maximum Gasteiger partial charge on any atom is 0.276 e. The number of hydrogen-bond donors (Lipinski definition) is 2. The summed E-state index contributed by atoms with van der Waals surface area (Å²) in [6.07, 6.45) is 0. The molecule has 22 heavy (non-hydrogen) atoms. The molecule has 2 N–H and O–H groups in total. The van der Waals surface area contributed by atoms with Crippen LogP contribution in [0.25, 0.3) is 0 Å². The van der Waals surface area contributed by atoms with Crippen LogP contribution >= 0.6 is 0 Å². The molecule has 6 nitrogen and oxygen atoms in total. The van der Waals surface area contributed by atoms with E-state index in [0.717, 1.165) is 0 Å². The van der Waals surface area contributed by atoms with Crippen LogP contribution < -0.4 is 10.6 Å². The van der Waals surface area contributed by atoms with Crippen LogP contribution in [-0.2, 0) is 0 Å². The molecule has 6 heteroatoms. The number of benzene rings is 1. The van der Waals surface area contributed by atoms with E-state index in [4.69, 9.17) is 0 Å². The van der Waals surface area contributed by atoms with E-state index in [-0.39, 0.29) is 23.4 Å². The van der Waals surface area contributed by atoms with Gasteiger partial charge in [-0.25, -0.2) is 0 Å². The highest BCUT2D eigenvalue weighted by atomic mass is 16.2. The molecule has 0 unspecified atom stereocenters. The molecule has 0 saturated heterocycles. The number of anilines is 2. The van der Waals surface area contributed by atoms with Crippen molar-refractivity contribution in [3.63, 3.8) is 0 Å². The highest BCUT2D eigenvalue weighted by Crippen LogP contribution is 2.12. The van der Waals surface area contributed by atoms with Crippen LogP contribution in [0.1, 0.15) is 41.6 Å². The predicted octanol–water partition coefficient (Wildman–Crippen LogP) is 2.75. The van der Waals surface area contributed by atoms with Crippen LogP contribution in [0.5, 0.6) is 0 Å². The Morgan fingerprint density at radius 3 is 2.45 bits per heavy atom. The number of amides is 1. The topological polar surface area (TPSA) is 84.0 Å². The molecule has 0 aliphatic heterocycles. The molecule has 2 aromatic rings. The Balaban J connectivity index is 2.08. The van der Waals surface area contributed by atoms with Gasteiger partial charge in [-0.15, -0.1) is 10.2 Å². The quantitative estimate of drug-likeness (QED) is 0.829. The number of rotatable bonds is 5. The standard InChI is InChI=1S/C16H18N4O2/c1-10(2)17-15-8-7-14(19-20-15)16(22)18-13-6-4-5-12(9-13)11(3)21/h4-10H,1-3H3,(H,17,20)(H,18,22). The number of hydrogen-bond acceptors (Lipinski definition) is 5. The first-order chi connectivity index (χ1) is 10.5. The van der Waals surface area contributed by atoms with E-state index in [1.165, 1.54) is 6.92 Å². The first-order valence-electron chi connectivity index (χ1n) is 6.98. The largest absolute Gasteiger partial charge is 0.366 e. The van der Waals surface area contributed by atoms with Crippen molar-refractivity contribution < 1.29 is 9.59 Å². The van der Waals surface area contributed by atoms with Crippen molar-refractivity contribution in [3.8, 4) is 0 Å². The molecule has 0 atom stereocenters. The van der Waals surface area contributed by atoms with E-state index in [1.807, 2.05) is 13.8 Å². The molecule has 0 aliphatic rings. The van der Waals surface area contributed by atoms with Gasteiger partial charge in [0.2, 0.25) is 0 Å². The average molecular weight is 298 g/mol. The second-order valence-corrected chi connectivity index (χ2v) is 5.19. The second kappa shape index (κ2) is 6.80. The normalized spacial score (nSPS) is 10.4. The molecule has 0 aliphatic carbocycles. The predicted molar refractivity (Wildman–Crippen MR) is 85.2 cm³/mol. The maximum absolute atomic E-state index is 12.1. The van der Waals surface area contributed by atoms with Gasteiger partial charge >= 0.3 is 0 Å². The Morgan fingerprint density at radius 2 is 1.86 bits per heavy atom. The third-order valence-corrected chi connectivity index (χ3v) is 2.86. The summed E-state index contributed by atoms with van der Waals surface area (Å²) < 4.78 is 0. The van der Waals surface area contributed by atoms with Gasteiger partial charge in [-0.1, -0.05) is 12.1 Å². The number of nitrogens with one attached hydrogen (secondary N) is 2. The van der Waals surface area contributed by atoms with Crippen molar-refractivity contribution >= 4 is 23.2 Å². The summed E-state index contributed by atoms with van der Waals surface area (Å²) in [6.45, 7) is 5.46. The van der Waals surface area contributed by atoms with Gasteiger partial charge in [0.05, 0.1) is 0 Å². The number of carbonyl (C=O) groups excluding carboxylic acids is 2.